The molecule has 0 aliphatic rings. The van der Waals surface area contributed by atoms with Gasteiger partial charge in [-0.1, -0.05) is 17.7 Å². The first-order valence-electron chi connectivity index (χ1n) is 6.84. The molecule has 2 aromatic carbocycles. The van der Waals surface area contributed by atoms with E-state index < -0.39 is 11.7 Å². The Labute approximate surface area is 135 Å². The van der Waals surface area contributed by atoms with E-state index in [1.165, 1.54) is 12.3 Å². The highest BCUT2D eigenvalue weighted by atomic mass is 35.5. The Morgan fingerprint density at radius 1 is 1.00 bits per heavy atom. The van der Waals surface area contributed by atoms with Crippen LogP contribution in [0.5, 0.6) is 0 Å². The summed E-state index contributed by atoms with van der Waals surface area (Å²) in [6.07, 6.45) is -2.90. The molecule has 0 aliphatic heterocycles. The lowest BCUT2D eigenvalue weighted by Crippen LogP contribution is -2.04. The Bertz CT molecular complexity index is 875. The number of nitrogens with one attached hydrogen (secondary N) is 1. The van der Waals surface area contributed by atoms with Crippen LogP contribution < -0.4 is 5.32 Å². The molecule has 0 unspecified atom stereocenters. The third kappa shape index (κ3) is 3.24. The van der Waals surface area contributed by atoms with Gasteiger partial charge in [-0.05, 0) is 48.9 Å². The summed E-state index contributed by atoms with van der Waals surface area (Å²) in [5.74, 6) is 0. The molecule has 0 bridgehead atoms. The molecule has 23 heavy (non-hydrogen) atoms. The van der Waals surface area contributed by atoms with Crippen molar-refractivity contribution in [3.05, 3.63) is 64.8 Å². The van der Waals surface area contributed by atoms with Crippen molar-refractivity contribution >= 4 is 33.9 Å². The summed E-state index contributed by atoms with van der Waals surface area (Å²) in [7, 11) is 0. The molecular formula is C17H12ClF3N2. The number of nitrogens with zero attached hydrogens (tertiary/aromatic N) is 1. The molecule has 1 heterocycles. The maximum Gasteiger partial charge on any atom is 0.416 e. The number of hydrogen-bond donors (Lipinski definition) is 1. The molecule has 1 aromatic heterocycles. The number of rotatable bonds is 2. The quantitative estimate of drug-likeness (QED) is 0.624. The minimum absolute atomic E-state index is 0.288. The van der Waals surface area contributed by atoms with Gasteiger partial charge in [-0.2, -0.15) is 13.2 Å². The molecule has 0 spiro atoms. The molecule has 0 fully saturated rings. The number of fused-ring (bicyclic) bond motifs is 1. The van der Waals surface area contributed by atoms with E-state index >= 15 is 0 Å². The molecule has 118 valence electrons. The van der Waals surface area contributed by atoms with Gasteiger partial charge in [0, 0.05) is 28.0 Å². The van der Waals surface area contributed by atoms with Gasteiger partial charge in [-0.15, -0.1) is 0 Å². The molecule has 2 nitrogen and oxygen atoms in total. The van der Waals surface area contributed by atoms with Crippen LogP contribution in [0.1, 0.15) is 11.1 Å². The Hall–Kier alpha value is -2.27. The van der Waals surface area contributed by atoms with Gasteiger partial charge in [0.2, 0.25) is 0 Å². The normalized spacial score (nSPS) is 11.7. The minimum atomic E-state index is -4.38. The lowest BCUT2D eigenvalue weighted by molar-refractivity contribution is -0.137. The highest BCUT2D eigenvalue weighted by Crippen LogP contribution is 2.33. The average molecular weight is 337 g/mol. The molecule has 0 amide bonds. The number of alkyl halides is 3. The van der Waals surface area contributed by atoms with Crippen molar-refractivity contribution in [2.75, 3.05) is 5.32 Å². The van der Waals surface area contributed by atoms with Gasteiger partial charge in [0.1, 0.15) is 0 Å². The second-order valence-electron chi connectivity index (χ2n) is 5.17. The molecule has 0 aliphatic carbocycles. The Morgan fingerprint density at radius 3 is 2.48 bits per heavy atom. The molecule has 3 aromatic rings. The van der Waals surface area contributed by atoms with Gasteiger partial charge in [0.05, 0.1) is 11.1 Å². The van der Waals surface area contributed by atoms with Crippen molar-refractivity contribution < 1.29 is 13.2 Å². The molecule has 0 saturated heterocycles. The Morgan fingerprint density at radius 2 is 1.78 bits per heavy atom. The number of aromatic nitrogens is 1. The summed E-state index contributed by atoms with van der Waals surface area (Å²) in [5.41, 5.74) is 2.04. The summed E-state index contributed by atoms with van der Waals surface area (Å²) < 4.78 is 38.4. The van der Waals surface area contributed by atoms with E-state index in [9.17, 15) is 13.2 Å². The highest BCUT2D eigenvalue weighted by Gasteiger charge is 2.30. The predicted molar refractivity (Wildman–Crippen MR) is 86.2 cm³/mol. The van der Waals surface area contributed by atoms with Crippen LogP contribution in [0.2, 0.25) is 5.02 Å². The second-order valence-corrected chi connectivity index (χ2v) is 5.61. The standard InChI is InChI=1S/C17H12ClF3N2/c1-10-8-12(18)3-5-14(10)23-15-6-7-22-16-9-11(17(19,20)21)2-4-13(15)16/h2-9H,1H3,(H,22,23). The van der Waals surface area contributed by atoms with Gasteiger partial charge < -0.3 is 5.32 Å². The molecule has 3 rings (SSSR count). The summed E-state index contributed by atoms with van der Waals surface area (Å²) in [6, 6.07) is 10.7. The maximum absolute atomic E-state index is 12.8. The maximum atomic E-state index is 12.8. The lowest BCUT2D eigenvalue weighted by Gasteiger charge is -2.13. The number of hydrogen-bond acceptors (Lipinski definition) is 2. The summed E-state index contributed by atoms with van der Waals surface area (Å²) >= 11 is 5.93. The molecule has 0 atom stereocenters. The SMILES string of the molecule is Cc1cc(Cl)ccc1Nc1ccnc2cc(C(F)(F)F)ccc12. The molecule has 0 radical (unpaired) electrons. The van der Waals surface area contributed by atoms with Crippen LogP contribution in [0, 0.1) is 6.92 Å². The van der Waals surface area contributed by atoms with E-state index in [-0.39, 0.29) is 5.52 Å². The molecular weight excluding hydrogens is 325 g/mol. The molecule has 1 N–H and O–H groups in total. The van der Waals surface area contributed by atoms with Crippen molar-refractivity contribution in [2.45, 2.75) is 13.1 Å². The second kappa shape index (κ2) is 5.74. The zero-order chi connectivity index (χ0) is 16.6. The van der Waals surface area contributed by atoms with E-state index in [0.29, 0.717) is 16.1 Å². The average Bonchev–Trinajstić information content (AvgIpc) is 2.49. The lowest BCUT2D eigenvalue weighted by atomic mass is 10.1. The summed E-state index contributed by atoms with van der Waals surface area (Å²) in [6.45, 7) is 1.90. The minimum Gasteiger partial charge on any atom is -0.355 e. The van der Waals surface area contributed by atoms with Gasteiger partial charge >= 0.3 is 6.18 Å². The van der Waals surface area contributed by atoms with Crippen LogP contribution in [0.15, 0.2) is 48.7 Å². The van der Waals surface area contributed by atoms with Crippen LogP contribution >= 0.6 is 11.6 Å². The largest absolute Gasteiger partial charge is 0.416 e. The van der Waals surface area contributed by atoms with Crippen molar-refractivity contribution in [2.24, 2.45) is 0 Å². The first-order valence-corrected chi connectivity index (χ1v) is 7.21. The van der Waals surface area contributed by atoms with Crippen molar-refractivity contribution in [3.8, 4) is 0 Å². The smallest absolute Gasteiger partial charge is 0.355 e. The van der Waals surface area contributed by atoms with Crippen molar-refractivity contribution in [1.29, 1.82) is 0 Å². The van der Waals surface area contributed by atoms with E-state index in [1.54, 1.807) is 12.1 Å². The highest BCUT2D eigenvalue weighted by molar-refractivity contribution is 6.30. The van der Waals surface area contributed by atoms with Gasteiger partial charge in [-0.3, -0.25) is 4.98 Å². The van der Waals surface area contributed by atoms with Crippen LogP contribution in [0.3, 0.4) is 0 Å². The third-order valence-electron chi connectivity index (χ3n) is 3.53. The van der Waals surface area contributed by atoms with Crippen LogP contribution in [0.25, 0.3) is 10.9 Å². The topological polar surface area (TPSA) is 24.9 Å². The summed E-state index contributed by atoms with van der Waals surface area (Å²) in [5, 5.41) is 4.47. The van der Waals surface area contributed by atoms with Crippen molar-refractivity contribution in [1.82, 2.24) is 4.98 Å². The number of anilines is 2. The number of pyridine rings is 1. The van der Waals surface area contributed by atoms with Gasteiger partial charge in [0.25, 0.3) is 0 Å². The van der Waals surface area contributed by atoms with E-state index in [2.05, 4.69) is 10.3 Å². The van der Waals surface area contributed by atoms with Crippen LogP contribution in [-0.4, -0.2) is 4.98 Å². The molecule has 0 saturated carbocycles. The zero-order valence-electron chi connectivity index (χ0n) is 12.1. The van der Waals surface area contributed by atoms with E-state index in [0.717, 1.165) is 23.4 Å². The monoisotopic (exact) mass is 336 g/mol. The number of benzene rings is 2. The van der Waals surface area contributed by atoms with Gasteiger partial charge in [-0.25, -0.2) is 0 Å². The predicted octanol–water partition coefficient (Wildman–Crippen LogP) is 5.96. The fraction of sp³-hybridized carbons (Fsp3) is 0.118. The third-order valence-corrected chi connectivity index (χ3v) is 3.76. The van der Waals surface area contributed by atoms with E-state index in [4.69, 9.17) is 11.6 Å². The fourth-order valence-corrected chi connectivity index (χ4v) is 2.57. The Balaban J connectivity index is 2.04. The zero-order valence-corrected chi connectivity index (χ0v) is 12.8. The van der Waals surface area contributed by atoms with E-state index in [1.807, 2.05) is 19.1 Å². The molecule has 6 heteroatoms. The number of halogens is 4. The van der Waals surface area contributed by atoms with Gasteiger partial charge in [0.15, 0.2) is 0 Å². The fourth-order valence-electron chi connectivity index (χ4n) is 2.35. The summed E-state index contributed by atoms with van der Waals surface area (Å²) in [4.78, 5) is 4.03. The van der Waals surface area contributed by atoms with Crippen LogP contribution in [0.4, 0.5) is 24.5 Å². The first-order chi connectivity index (χ1) is 10.8. The van der Waals surface area contributed by atoms with Crippen LogP contribution in [-0.2, 0) is 6.18 Å². The Kier molecular flexibility index (Phi) is 3.90. The first kappa shape index (κ1) is 15.6. The number of aryl methyl sites for hydroxylation is 1. The van der Waals surface area contributed by atoms with Crippen molar-refractivity contribution in [3.63, 3.8) is 0 Å².